The molecule has 0 bridgehead atoms. The molecule has 1 aromatic carbocycles. The van der Waals surface area contributed by atoms with E-state index in [0.717, 1.165) is 37.7 Å². The summed E-state index contributed by atoms with van der Waals surface area (Å²) in [7, 11) is -3.74. The molecule has 3 aliphatic rings. The fraction of sp³-hybridized carbons (Fsp3) is 0.680. The molecule has 1 unspecified atom stereocenters. The van der Waals surface area contributed by atoms with Gasteiger partial charge in [-0.1, -0.05) is 32.1 Å². The number of aliphatic hydroxyl groups is 1. The Morgan fingerprint density at radius 2 is 2.03 bits per heavy atom. The molecule has 0 aromatic heterocycles. The molecule has 7 atom stereocenters. The average Bonchev–Trinajstić information content (AvgIpc) is 3.01. The number of phenols is 1. The van der Waals surface area contributed by atoms with Crippen molar-refractivity contribution in [3.05, 3.63) is 41.5 Å². The zero-order chi connectivity index (χ0) is 22.4. The van der Waals surface area contributed by atoms with Gasteiger partial charge in [0.2, 0.25) is 10.0 Å². The summed E-state index contributed by atoms with van der Waals surface area (Å²) < 4.78 is 25.7. The normalized spacial score (nSPS) is 36.1. The first-order chi connectivity index (χ1) is 14.7. The number of nitrogens with two attached hydrogens (primary N) is 1. The summed E-state index contributed by atoms with van der Waals surface area (Å²) in [4.78, 5) is 0. The van der Waals surface area contributed by atoms with Crippen LogP contribution < -0.4 is 5.14 Å². The topological polar surface area (TPSA) is 101 Å². The summed E-state index contributed by atoms with van der Waals surface area (Å²) in [5.41, 5.74) is 2.16. The Kier molecular flexibility index (Phi) is 6.27. The molecule has 0 amide bonds. The van der Waals surface area contributed by atoms with Gasteiger partial charge in [-0.25, -0.2) is 13.6 Å². The molecule has 2 saturated carbocycles. The van der Waals surface area contributed by atoms with Crippen molar-refractivity contribution in [2.24, 2.45) is 28.3 Å². The van der Waals surface area contributed by atoms with Crippen LogP contribution in [0, 0.1) is 23.2 Å². The van der Waals surface area contributed by atoms with Gasteiger partial charge in [0.05, 0.1) is 11.4 Å². The molecule has 0 spiro atoms. The van der Waals surface area contributed by atoms with Crippen molar-refractivity contribution in [3.63, 3.8) is 0 Å². The predicted octanol–water partition coefficient (Wildman–Crippen LogP) is 4.24. The SMILES string of the molecule is CC/C=C/CCC([C@H]1Cc2cc(O)ccc2[C@H]2CC[C@]3(C)[C@@H](O)CC[C@H]3[C@@H]21)S(N)(=O)=O. The largest absolute Gasteiger partial charge is 0.508 e. The predicted molar refractivity (Wildman–Crippen MR) is 123 cm³/mol. The fourth-order valence-electron chi connectivity index (χ4n) is 7.19. The first-order valence-corrected chi connectivity index (χ1v) is 13.4. The Morgan fingerprint density at radius 1 is 1.26 bits per heavy atom. The van der Waals surface area contributed by atoms with E-state index < -0.39 is 15.3 Å². The number of benzene rings is 1. The second-order valence-electron chi connectivity index (χ2n) is 10.3. The van der Waals surface area contributed by atoms with E-state index in [0.29, 0.717) is 25.2 Å². The minimum absolute atomic E-state index is 0.0979. The Labute approximate surface area is 186 Å². The van der Waals surface area contributed by atoms with Crippen molar-refractivity contribution in [1.82, 2.24) is 0 Å². The van der Waals surface area contributed by atoms with Crippen molar-refractivity contribution in [2.45, 2.75) is 82.5 Å². The minimum atomic E-state index is -3.74. The van der Waals surface area contributed by atoms with Gasteiger partial charge in [0.15, 0.2) is 0 Å². The number of aromatic hydroxyl groups is 1. The van der Waals surface area contributed by atoms with Crippen LogP contribution in [0.3, 0.4) is 0 Å². The molecule has 0 radical (unpaired) electrons. The lowest BCUT2D eigenvalue weighted by molar-refractivity contribution is -0.0389. The summed E-state index contributed by atoms with van der Waals surface area (Å²) in [6.07, 6.45) is 10.2. The van der Waals surface area contributed by atoms with E-state index in [1.807, 2.05) is 12.1 Å². The van der Waals surface area contributed by atoms with Gasteiger partial charge in [-0.2, -0.15) is 0 Å². The van der Waals surface area contributed by atoms with Crippen molar-refractivity contribution >= 4 is 10.0 Å². The second-order valence-corrected chi connectivity index (χ2v) is 12.0. The molecule has 4 N–H and O–H groups in total. The lowest BCUT2D eigenvalue weighted by Crippen LogP contribution is -2.51. The Bertz CT molecular complexity index is 943. The molecule has 0 aliphatic heterocycles. The number of aliphatic hydroxyl groups excluding tert-OH is 1. The number of rotatable bonds is 6. The van der Waals surface area contributed by atoms with Gasteiger partial charge >= 0.3 is 0 Å². The molecule has 0 saturated heterocycles. The summed E-state index contributed by atoms with van der Waals surface area (Å²) >= 11 is 0. The van der Waals surface area contributed by atoms with E-state index in [-0.39, 0.29) is 35.0 Å². The van der Waals surface area contributed by atoms with Crippen molar-refractivity contribution in [1.29, 1.82) is 0 Å². The van der Waals surface area contributed by atoms with Gasteiger partial charge in [0.1, 0.15) is 5.75 Å². The molecule has 5 nitrogen and oxygen atoms in total. The van der Waals surface area contributed by atoms with Crippen LogP contribution in [-0.4, -0.2) is 30.0 Å². The summed E-state index contributed by atoms with van der Waals surface area (Å²) in [6, 6.07) is 5.59. The van der Waals surface area contributed by atoms with Gasteiger partial charge < -0.3 is 10.2 Å². The highest BCUT2D eigenvalue weighted by Gasteiger charge is 2.58. The van der Waals surface area contributed by atoms with Crippen LogP contribution in [0.1, 0.15) is 75.8 Å². The smallest absolute Gasteiger partial charge is 0.212 e. The third kappa shape index (κ3) is 4.07. The minimum Gasteiger partial charge on any atom is -0.508 e. The monoisotopic (exact) mass is 447 g/mol. The molecular weight excluding hydrogens is 410 g/mol. The van der Waals surface area contributed by atoms with Crippen LogP contribution >= 0.6 is 0 Å². The first kappa shape index (κ1) is 22.8. The molecule has 3 aliphatic carbocycles. The second kappa shape index (κ2) is 8.53. The number of sulfonamides is 1. The first-order valence-electron chi connectivity index (χ1n) is 11.8. The van der Waals surface area contributed by atoms with E-state index in [1.54, 1.807) is 6.07 Å². The van der Waals surface area contributed by atoms with Crippen molar-refractivity contribution in [2.75, 3.05) is 0 Å². The van der Waals surface area contributed by atoms with E-state index in [9.17, 15) is 18.6 Å². The van der Waals surface area contributed by atoms with Crippen LogP contribution in [-0.2, 0) is 16.4 Å². The van der Waals surface area contributed by atoms with Gasteiger partial charge in [0, 0.05) is 0 Å². The highest BCUT2D eigenvalue weighted by molar-refractivity contribution is 7.89. The number of phenolic OH excluding ortho intramolecular Hbond substituents is 1. The Hall–Kier alpha value is -1.37. The highest BCUT2D eigenvalue weighted by Crippen LogP contribution is 2.63. The van der Waals surface area contributed by atoms with Crippen LogP contribution in [0.2, 0.25) is 0 Å². The van der Waals surface area contributed by atoms with E-state index in [2.05, 4.69) is 26.0 Å². The zero-order valence-corrected chi connectivity index (χ0v) is 19.5. The molecule has 31 heavy (non-hydrogen) atoms. The molecule has 172 valence electrons. The number of hydrogen-bond donors (Lipinski definition) is 3. The number of fused-ring (bicyclic) bond motifs is 5. The highest BCUT2D eigenvalue weighted by atomic mass is 32.2. The number of allylic oxidation sites excluding steroid dienone is 2. The molecule has 2 fully saturated rings. The standard InChI is InChI=1S/C25H37NO4S/c1-3-4-5-6-7-22(31(26,29)30)20-15-16-14-17(27)8-9-18(16)19-12-13-25(2)21(24(19)20)10-11-23(25)28/h4-5,8-9,14,19-24,27-28H,3,6-7,10-13,15H2,1-2H3,(H2,26,29,30)/b5-4+/t19-,20-,21+,22?,23+,24+,25+/m1/s1. The quantitative estimate of drug-likeness (QED) is 0.568. The zero-order valence-electron chi connectivity index (χ0n) is 18.7. The van der Waals surface area contributed by atoms with E-state index in [1.165, 1.54) is 5.56 Å². The van der Waals surface area contributed by atoms with Gasteiger partial charge in [0.25, 0.3) is 0 Å². The van der Waals surface area contributed by atoms with E-state index in [4.69, 9.17) is 5.14 Å². The van der Waals surface area contributed by atoms with Crippen molar-refractivity contribution in [3.8, 4) is 5.75 Å². The van der Waals surface area contributed by atoms with E-state index >= 15 is 0 Å². The lowest BCUT2D eigenvalue weighted by atomic mass is 9.52. The molecule has 1 aromatic rings. The maximum atomic E-state index is 12.8. The number of primary sulfonamides is 1. The van der Waals surface area contributed by atoms with Crippen molar-refractivity contribution < 1.29 is 18.6 Å². The third-order valence-electron chi connectivity index (χ3n) is 8.68. The summed E-state index contributed by atoms with van der Waals surface area (Å²) in [6.45, 7) is 4.27. The summed E-state index contributed by atoms with van der Waals surface area (Å²) in [5, 5.41) is 26.1. The number of hydrogen-bond acceptors (Lipinski definition) is 4. The molecule has 4 rings (SSSR count). The molecular formula is C25H37NO4S. The Balaban J connectivity index is 1.77. The maximum Gasteiger partial charge on any atom is 0.212 e. The molecule has 0 heterocycles. The lowest BCUT2D eigenvalue weighted by Gasteiger charge is -2.54. The maximum absolute atomic E-state index is 12.8. The fourth-order valence-corrected chi connectivity index (χ4v) is 8.42. The Morgan fingerprint density at radius 3 is 2.74 bits per heavy atom. The van der Waals surface area contributed by atoms with Crippen LogP contribution in [0.15, 0.2) is 30.4 Å². The van der Waals surface area contributed by atoms with Crippen LogP contribution in [0.25, 0.3) is 0 Å². The van der Waals surface area contributed by atoms with Gasteiger partial charge in [-0.05, 0) is 104 Å². The average molecular weight is 448 g/mol. The van der Waals surface area contributed by atoms with Crippen LogP contribution in [0.5, 0.6) is 5.75 Å². The van der Waals surface area contributed by atoms with Gasteiger partial charge in [-0.3, -0.25) is 0 Å². The molecule has 6 heteroatoms. The summed E-state index contributed by atoms with van der Waals surface area (Å²) in [5.74, 6) is 0.869. The van der Waals surface area contributed by atoms with Crippen LogP contribution in [0.4, 0.5) is 0 Å². The third-order valence-corrected chi connectivity index (χ3v) is 10.1. The van der Waals surface area contributed by atoms with Gasteiger partial charge in [-0.15, -0.1) is 0 Å².